The first-order valence-electron chi connectivity index (χ1n) is 5.44. The van der Waals surface area contributed by atoms with Crippen LogP contribution in [0.2, 0.25) is 0 Å². The van der Waals surface area contributed by atoms with Crippen molar-refractivity contribution in [3.05, 3.63) is 28.5 Å². The van der Waals surface area contributed by atoms with Crippen LogP contribution in [0.5, 0.6) is 0 Å². The lowest BCUT2D eigenvalue weighted by Crippen LogP contribution is -2.57. The fraction of sp³-hybridized carbons (Fsp3) is 0.364. The number of hydrogen-bond acceptors (Lipinski definition) is 4. The van der Waals surface area contributed by atoms with E-state index in [4.69, 9.17) is 5.11 Å². The summed E-state index contributed by atoms with van der Waals surface area (Å²) in [6.45, 7) is 1.24. The Morgan fingerprint density at radius 2 is 2.28 bits per heavy atom. The van der Waals surface area contributed by atoms with Crippen LogP contribution in [0.15, 0.2) is 22.9 Å². The molecule has 18 heavy (non-hydrogen) atoms. The SMILES string of the molecule is O=C(O)C1CNCCN1C(=O)c1cncc(Br)c1. The summed E-state index contributed by atoms with van der Waals surface area (Å²) >= 11 is 3.24. The Bertz CT molecular complexity index is 480. The fourth-order valence-electron chi connectivity index (χ4n) is 1.86. The van der Waals surface area contributed by atoms with Crippen molar-refractivity contribution in [2.75, 3.05) is 19.6 Å². The highest BCUT2D eigenvalue weighted by atomic mass is 79.9. The molecule has 1 aromatic heterocycles. The van der Waals surface area contributed by atoms with E-state index in [9.17, 15) is 9.59 Å². The zero-order valence-corrected chi connectivity index (χ0v) is 11.1. The average Bonchev–Trinajstić information content (AvgIpc) is 2.38. The van der Waals surface area contributed by atoms with Gasteiger partial charge in [-0.05, 0) is 22.0 Å². The van der Waals surface area contributed by atoms with Crippen molar-refractivity contribution >= 4 is 27.8 Å². The highest BCUT2D eigenvalue weighted by Crippen LogP contribution is 2.14. The van der Waals surface area contributed by atoms with Crippen LogP contribution in [0.25, 0.3) is 0 Å². The number of aliphatic carboxylic acids is 1. The van der Waals surface area contributed by atoms with Gasteiger partial charge < -0.3 is 15.3 Å². The number of hydrogen-bond donors (Lipinski definition) is 2. The molecule has 1 aromatic rings. The van der Waals surface area contributed by atoms with Crippen LogP contribution in [0.1, 0.15) is 10.4 Å². The summed E-state index contributed by atoms with van der Waals surface area (Å²) in [6, 6.07) is 0.807. The summed E-state index contributed by atoms with van der Waals surface area (Å²) in [5.41, 5.74) is 0.387. The van der Waals surface area contributed by atoms with Gasteiger partial charge in [-0.3, -0.25) is 9.78 Å². The molecule has 0 aromatic carbocycles. The van der Waals surface area contributed by atoms with E-state index in [-0.39, 0.29) is 12.5 Å². The standard InChI is InChI=1S/C11H12BrN3O3/c12-8-3-7(4-14-5-8)10(16)15-2-1-13-6-9(15)11(17)18/h3-5,9,13H,1-2,6H2,(H,17,18). The van der Waals surface area contributed by atoms with E-state index in [1.807, 2.05) is 0 Å². The molecule has 1 aliphatic heterocycles. The summed E-state index contributed by atoms with van der Waals surface area (Å²) < 4.78 is 0.690. The quantitative estimate of drug-likeness (QED) is 0.823. The van der Waals surface area contributed by atoms with E-state index >= 15 is 0 Å². The molecule has 1 aliphatic rings. The zero-order chi connectivity index (χ0) is 13.1. The Morgan fingerprint density at radius 1 is 1.50 bits per heavy atom. The molecule has 0 spiro atoms. The Kier molecular flexibility index (Phi) is 3.93. The van der Waals surface area contributed by atoms with Crippen molar-refractivity contribution in [1.29, 1.82) is 0 Å². The van der Waals surface area contributed by atoms with E-state index in [1.165, 1.54) is 11.1 Å². The minimum Gasteiger partial charge on any atom is -0.480 e. The van der Waals surface area contributed by atoms with Gasteiger partial charge in [-0.2, -0.15) is 0 Å². The lowest BCUT2D eigenvalue weighted by molar-refractivity contribution is -0.142. The molecule has 1 amide bonds. The summed E-state index contributed by atoms with van der Waals surface area (Å²) in [7, 11) is 0. The molecule has 96 valence electrons. The predicted molar refractivity (Wildman–Crippen MR) is 67.3 cm³/mol. The normalized spacial score (nSPS) is 19.6. The lowest BCUT2D eigenvalue weighted by Gasteiger charge is -2.33. The van der Waals surface area contributed by atoms with Crippen LogP contribution in [0, 0.1) is 0 Å². The van der Waals surface area contributed by atoms with Crippen molar-refractivity contribution in [3.63, 3.8) is 0 Å². The highest BCUT2D eigenvalue weighted by Gasteiger charge is 2.32. The Morgan fingerprint density at radius 3 is 2.94 bits per heavy atom. The third kappa shape index (κ3) is 2.68. The van der Waals surface area contributed by atoms with Crippen molar-refractivity contribution in [1.82, 2.24) is 15.2 Å². The molecule has 2 N–H and O–H groups in total. The number of carboxylic acid groups (broad SMARTS) is 1. The maximum Gasteiger partial charge on any atom is 0.327 e. The number of aromatic nitrogens is 1. The second kappa shape index (κ2) is 5.45. The maximum absolute atomic E-state index is 12.2. The van der Waals surface area contributed by atoms with Crippen molar-refractivity contribution in [2.24, 2.45) is 0 Å². The molecule has 1 atom stereocenters. The molecule has 2 heterocycles. The zero-order valence-electron chi connectivity index (χ0n) is 9.47. The van der Waals surface area contributed by atoms with Gasteiger partial charge in [0, 0.05) is 36.5 Å². The minimum absolute atomic E-state index is 0.266. The first-order valence-corrected chi connectivity index (χ1v) is 6.24. The van der Waals surface area contributed by atoms with E-state index in [1.54, 1.807) is 12.3 Å². The third-order valence-electron chi connectivity index (χ3n) is 2.74. The first kappa shape index (κ1) is 13.0. The summed E-state index contributed by atoms with van der Waals surface area (Å²) in [6.07, 6.45) is 3.01. The number of halogens is 1. The highest BCUT2D eigenvalue weighted by molar-refractivity contribution is 9.10. The van der Waals surface area contributed by atoms with Crippen LogP contribution in [-0.4, -0.2) is 52.5 Å². The van der Waals surface area contributed by atoms with E-state index in [2.05, 4.69) is 26.2 Å². The minimum atomic E-state index is -1.00. The molecular formula is C11H12BrN3O3. The molecule has 0 aliphatic carbocycles. The van der Waals surface area contributed by atoms with Crippen molar-refractivity contribution in [3.8, 4) is 0 Å². The van der Waals surface area contributed by atoms with Crippen molar-refractivity contribution < 1.29 is 14.7 Å². The van der Waals surface area contributed by atoms with Crippen LogP contribution in [0.3, 0.4) is 0 Å². The Labute approximate surface area is 112 Å². The first-order chi connectivity index (χ1) is 8.59. The number of carboxylic acids is 1. The number of carbonyl (C=O) groups is 2. The van der Waals surface area contributed by atoms with Crippen LogP contribution < -0.4 is 5.32 Å². The van der Waals surface area contributed by atoms with E-state index in [0.29, 0.717) is 23.1 Å². The number of carbonyl (C=O) groups excluding carboxylic acids is 1. The van der Waals surface area contributed by atoms with Crippen molar-refractivity contribution in [2.45, 2.75) is 6.04 Å². The summed E-state index contributed by atoms with van der Waals surface area (Å²) in [5, 5.41) is 12.1. The van der Waals surface area contributed by atoms with Gasteiger partial charge in [0.2, 0.25) is 0 Å². The van der Waals surface area contributed by atoms with Gasteiger partial charge >= 0.3 is 5.97 Å². The van der Waals surface area contributed by atoms with E-state index in [0.717, 1.165) is 0 Å². The van der Waals surface area contributed by atoms with Gasteiger partial charge in [0.1, 0.15) is 6.04 Å². The monoisotopic (exact) mass is 313 g/mol. The second-order valence-corrected chi connectivity index (χ2v) is 4.86. The predicted octanol–water partition coefficient (Wildman–Crippen LogP) is 0.343. The maximum atomic E-state index is 12.2. The summed E-state index contributed by atoms with van der Waals surface area (Å²) in [5.74, 6) is -1.31. The number of piperazine rings is 1. The average molecular weight is 314 g/mol. The number of nitrogens with one attached hydrogen (secondary N) is 1. The molecular weight excluding hydrogens is 302 g/mol. The topological polar surface area (TPSA) is 82.5 Å². The molecule has 2 rings (SSSR count). The number of nitrogens with zero attached hydrogens (tertiary/aromatic N) is 2. The molecule has 0 bridgehead atoms. The molecule has 1 saturated heterocycles. The number of rotatable bonds is 2. The Balaban J connectivity index is 2.23. The smallest absolute Gasteiger partial charge is 0.327 e. The van der Waals surface area contributed by atoms with Gasteiger partial charge in [0.15, 0.2) is 0 Å². The third-order valence-corrected chi connectivity index (χ3v) is 3.17. The van der Waals surface area contributed by atoms with Gasteiger partial charge in [-0.1, -0.05) is 0 Å². The lowest BCUT2D eigenvalue weighted by atomic mass is 10.1. The molecule has 6 nitrogen and oxygen atoms in total. The summed E-state index contributed by atoms with van der Waals surface area (Å²) in [4.78, 5) is 28.6. The largest absolute Gasteiger partial charge is 0.480 e. The van der Waals surface area contributed by atoms with Gasteiger partial charge in [0.05, 0.1) is 5.56 Å². The van der Waals surface area contributed by atoms with Crippen LogP contribution >= 0.6 is 15.9 Å². The molecule has 1 unspecified atom stereocenters. The number of pyridine rings is 1. The van der Waals surface area contributed by atoms with E-state index < -0.39 is 12.0 Å². The van der Waals surface area contributed by atoms with Crippen LogP contribution in [0.4, 0.5) is 0 Å². The second-order valence-electron chi connectivity index (χ2n) is 3.95. The van der Waals surface area contributed by atoms with Crippen LogP contribution in [-0.2, 0) is 4.79 Å². The molecule has 1 fully saturated rings. The fourth-order valence-corrected chi connectivity index (χ4v) is 2.23. The number of amides is 1. The van der Waals surface area contributed by atoms with Gasteiger partial charge in [-0.15, -0.1) is 0 Å². The Hall–Kier alpha value is -1.47. The van der Waals surface area contributed by atoms with Gasteiger partial charge in [-0.25, -0.2) is 4.79 Å². The van der Waals surface area contributed by atoms with Gasteiger partial charge in [0.25, 0.3) is 5.91 Å². The molecule has 0 radical (unpaired) electrons. The molecule has 0 saturated carbocycles. The molecule has 7 heteroatoms.